The first-order valence-corrected chi connectivity index (χ1v) is 11.5. The maximum absolute atomic E-state index is 11.6. The van der Waals surface area contributed by atoms with Crippen LogP contribution in [0.3, 0.4) is 0 Å². The minimum atomic E-state index is -0.584. The number of rotatable bonds is 4. The van der Waals surface area contributed by atoms with Crippen LogP contribution < -0.4 is 4.90 Å². The van der Waals surface area contributed by atoms with E-state index in [2.05, 4.69) is 52.0 Å². The normalized spacial score (nSPS) is 30.0. The number of nitrogens with zero attached hydrogens (tertiary/aromatic N) is 4. The highest BCUT2D eigenvalue weighted by atomic mass is 16.3. The molecule has 5 rings (SSSR count). The Labute approximate surface area is 179 Å². The molecule has 0 radical (unpaired) electrons. The second-order valence-corrected chi connectivity index (χ2v) is 9.42. The molecule has 0 amide bonds. The molecule has 0 spiro atoms. The number of likely N-dealkylation sites (N-methyl/N-ethyl adjacent to an activating group) is 1. The molecule has 0 aromatic heterocycles. The predicted octanol–water partition coefficient (Wildman–Crippen LogP) is 3.21. The van der Waals surface area contributed by atoms with E-state index in [1.165, 1.54) is 5.69 Å². The molecule has 2 unspecified atom stereocenters. The smallest absolute Gasteiger partial charge is 0.0998 e. The van der Waals surface area contributed by atoms with Gasteiger partial charge in [-0.1, -0.05) is 31.2 Å². The molecule has 3 fully saturated rings. The van der Waals surface area contributed by atoms with Gasteiger partial charge in [0.25, 0.3) is 0 Å². The van der Waals surface area contributed by atoms with Crippen molar-refractivity contribution >= 4 is 16.5 Å². The van der Waals surface area contributed by atoms with E-state index in [0.29, 0.717) is 12.1 Å². The van der Waals surface area contributed by atoms with Crippen molar-refractivity contribution in [3.8, 4) is 6.07 Å². The molecule has 3 aliphatic heterocycles. The Hall–Kier alpha value is -2.13. The van der Waals surface area contributed by atoms with E-state index in [1.807, 2.05) is 12.1 Å². The summed E-state index contributed by atoms with van der Waals surface area (Å²) in [5.41, 5.74) is 1.39. The van der Waals surface area contributed by atoms with Gasteiger partial charge >= 0.3 is 0 Å². The van der Waals surface area contributed by atoms with Gasteiger partial charge in [0.2, 0.25) is 0 Å². The first kappa shape index (κ1) is 19.8. The molecule has 3 saturated heterocycles. The quantitative estimate of drug-likeness (QED) is 0.848. The Balaban J connectivity index is 1.37. The van der Waals surface area contributed by atoms with E-state index < -0.39 is 5.60 Å². The maximum atomic E-state index is 11.6. The molecule has 30 heavy (non-hydrogen) atoms. The molecule has 158 valence electrons. The first-order valence-electron chi connectivity index (χ1n) is 11.5. The summed E-state index contributed by atoms with van der Waals surface area (Å²) < 4.78 is 0. The van der Waals surface area contributed by atoms with E-state index in [0.717, 1.165) is 81.3 Å². The van der Waals surface area contributed by atoms with Crippen LogP contribution in [0.5, 0.6) is 0 Å². The van der Waals surface area contributed by atoms with Gasteiger partial charge in [0, 0.05) is 61.3 Å². The molecule has 3 aliphatic rings. The predicted molar refractivity (Wildman–Crippen MR) is 121 cm³/mol. The molecular weight excluding hydrogens is 372 g/mol. The van der Waals surface area contributed by atoms with E-state index >= 15 is 0 Å². The highest BCUT2D eigenvalue weighted by molar-refractivity contribution is 5.98. The summed E-state index contributed by atoms with van der Waals surface area (Å²) in [5, 5.41) is 23.3. The molecule has 2 bridgehead atoms. The minimum Gasteiger partial charge on any atom is -0.388 e. The molecule has 5 nitrogen and oxygen atoms in total. The van der Waals surface area contributed by atoms with Gasteiger partial charge < -0.3 is 14.9 Å². The Morgan fingerprint density at radius 2 is 1.60 bits per heavy atom. The number of fused-ring (bicyclic) bond motifs is 3. The first-order chi connectivity index (χ1) is 14.6. The fraction of sp³-hybridized carbons (Fsp3) is 0.560. The van der Waals surface area contributed by atoms with Crippen molar-refractivity contribution in [2.75, 3.05) is 44.2 Å². The van der Waals surface area contributed by atoms with Gasteiger partial charge in [-0.25, -0.2) is 0 Å². The van der Waals surface area contributed by atoms with E-state index in [9.17, 15) is 10.4 Å². The van der Waals surface area contributed by atoms with Gasteiger partial charge in [0.1, 0.15) is 0 Å². The second-order valence-electron chi connectivity index (χ2n) is 9.42. The molecule has 3 heterocycles. The largest absolute Gasteiger partial charge is 0.388 e. The van der Waals surface area contributed by atoms with Gasteiger partial charge in [-0.05, 0) is 44.4 Å². The topological polar surface area (TPSA) is 53.7 Å². The van der Waals surface area contributed by atoms with Gasteiger partial charge in [-0.3, -0.25) is 4.90 Å². The monoisotopic (exact) mass is 404 g/mol. The van der Waals surface area contributed by atoms with Crippen LogP contribution in [-0.4, -0.2) is 71.9 Å². The summed E-state index contributed by atoms with van der Waals surface area (Å²) in [4.78, 5) is 7.52. The van der Waals surface area contributed by atoms with E-state index in [-0.39, 0.29) is 0 Å². The van der Waals surface area contributed by atoms with Crippen LogP contribution in [0.2, 0.25) is 0 Å². The summed E-state index contributed by atoms with van der Waals surface area (Å²) >= 11 is 0. The summed E-state index contributed by atoms with van der Waals surface area (Å²) in [7, 11) is 0. The van der Waals surface area contributed by atoms with Crippen LogP contribution in [-0.2, 0) is 0 Å². The highest BCUT2D eigenvalue weighted by Crippen LogP contribution is 2.45. The lowest BCUT2D eigenvalue weighted by atomic mass is 9.84. The number of hydrogen-bond donors (Lipinski definition) is 1. The molecule has 2 aromatic rings. The number of piperidine rings is 1. The maximum Gasteiger partial charge on any atom is 0.0998 e. The lowest BCUT2D eigenvalue weighted by Crippen LogP contribution is -2.58. The number of aliphatic hydroxyl groups is 1. The zero-order valence-electron chi connectivity index (χ0n) is 17.9. The van der Waals surface area contributed by atoms with Gasteiger partial charge in [-0.15, -0.1) is 0 Å². The summed E-state index contributed by atoms with van der Waals surface area (Å²) in [6.07, 6.45) is 3.97. The van der Waals surface area contributed by atoms with Crippen LogP contribution >= 0.6 is 0 Å². The lowest BCUT2D eigenvalue weighted by molar-refractivity contribution is -0.0367. The molecule has 0 saturated carbocycles. The molecule has 2 aromatic carbocycles. The fourth-order valence-corrected chi connectivity index (χ4v) is 6.13. The molecular formula is C25H32N4O. The van der Waals surface area contributed by atoms with Crippen LogP contribution in [0.25, 0.3) is 10.8 Å². The van der Waals surface area contributed by atoms with Crippen LogP contribution in [0.15, 0.2) is 36.4 Å². The van der Waals surface area contributed by atoms with E-state index in [1.54, 1.807) is 0 Å². The number of β-amino-alcohol motifs (C(OH)–C–C–N with tert-alkyl or cyclic N) is 1. The molecule has 2 atom stereocenters. The lowest BCUT2D eigenvalue weighted by Gasteiger charge is -2.48. The number of hydrogen-bond acceptors (Lipinski definition) is 5. The van der Waals surface area contributed by atoms with Crippen LogP contribution in [0.4, 0.5) is 5.69 Å². The van der Waals surface area contributed by atoms with Crippen molar-refractivity contribution in [1.29, 1.82) is 5.26 Å². The third kappa shape index (κ3) is 3.47. The Morgan fingerprint density at radius 3 is 2.23 bits per heavy atom. The minimum absolute atomic E-state index is 0.377. The Morgan fingerprint density at radius 1 is 0.967 bits per heavy atom. The van der Waals surface area contributed by atoms with Crippen molar-refractivity contribution < 1.29 is 5.11 Å². The zero-order valence-corrected chi connectivity index (χ0v) is 17.9. The SMILES string of the molecule is CCN1CCN(CC2(O)CC3CCC(C2)N3c2ccc(C#N)c3ccccc23)CC1. The Bertz CT molecular complexity index is 945. The number of nitriles is 1. The second kappa shape index (κ2) is 7.85. The summed E-state index contributed by atoms with van der Waals surface area (Å²) in [6.45, 7) is 8.51. The Kier molecular flexibility index (Phi) is 5.18. The third-order valence-electron chi connectivity index (χ3n) is 7.58. The van der Waals surface area contributed by atoms with Gasteiger partial charge in [0.05, 0.1) is 17.2 Å². The van der Waals surface area contributed by atoms with Crippen molar-refractivity contribution in [1.82, 2.24) is 9.80 Å². The highest BCUT2D eigenvalue weighted by Gasteiger charge is 2.48. The van der Waals surface area contributed by atoms with Crippen LogP contribution in [0, 0.1) is 11.3 Å². The standard InChI is InChI=1S/C25H32N4O/c1-2-27-11-13-28(14-12-27)18-25(30)15-20-8-9-21(16-25)29(20)24-10-7-19(17-26)22-5-3-4-6-23(22)24/h3-7,10,20-21,30H,2,8-9,11-16,18H2,1H3. The molecule has 0 aliphatic carbocycles. The van der Waals surface area contributed by atoms with Crippen molar-refractivity contribution in [3.63, 3.8) is 0 Å². The summed E-state index contributed by atoms with van der Waals surface area (Å²) in [6, 6.07) is 15.4. The number of piperazine rings is 1. The van der Waals surface area contributed by atoms with Crippen molar-refractivity contribution in [2.24, 2.45) is 0 Å². The van der Waals surface area contributed by atoms with Crippen molar-refractivity contribution in [2.45, 2.75) is 50.3 Å². The molecule has 1 N–H and O–H groups in total. The van der Waals surface area contributed by atoms with Crippen molar-refractivity contribution in [3.05, 3.63) is 42.0 Å². The third-order valence-corrected chi connectivity index (χ3v) is 7.58. The van der Waals surface area contributed by atoms with Gasteiger partial charge in [0.15, 0.2) is 0 Å². The number of benzene rings is 2. The zero-order chi connectivity index (χ0) is 20.7. The average molecular weight is 405 g/mol. The van der Waals surface area contributed by atoms with Crippen LogP contribution in [0.1, 0.15) is 38.2 Å². The molecule has 5 heteroatoms. The average Bonchev–Trinajstić information content (AvgIpc) is 3.05. The van der Waals surface area contributed by atoms with E-state index in [4.69, 9.17) is 0 Å². The fourth-order valence-electron chi connectivity index (χ4n) is 6.13. The number of anilines is 1. The summed E-state index contributed by atoms with van der Waals surface area (Å²) in [5.74, 6) is 0. The van der Waals surface area contributed by atoms with Gasteiger partial charge in [-0.2, -0.15) is 5.26 Å².